The minimum Gasteiger partial charge on any atom is -0.460 e. The molecule has 0 bridgehead atoms. The molecule has 1 unspecified atom stereocenters. The number of ether oxygens (including phenoxy) is 1. The van der Waals surface area contributed by atoms with Crippen molar-refractivity contribution in [2.75, 3.05) is 0 Å². The molecule has 1 saturated carbocycles. The van der Waals surface area contributed by atoms with Gasteiger partial charge in [0, 0.05) is 35.4 Å². The number of esters is 1. The third-order valence-corrected chi connectivity index (χ3v) is 5.26. The molecule has 2 atom stereocenters. The van der Waals surface area contributed by atoms with Gasteiger partial charge >= 0.3 is 5.97 Å². The summed E-state index contributed by atoms with van der Waals surface area (Å²) in [6.45, 7) is 6.90. The molecule has 1 aliphatic carbocycles. The number of benzene rings is 1. The van der Waals surface area contributed by atoms with E-state index in [-0.39, 0.29) is 17.6 Å². The Kier molecular flexibility index (Phi) is 5.45. The van der Waals surface area contributed by atoms with Crippen LogP contribution in [0.5, 0.6) is 0 Å². The normalized spacial score (nSPS) is 22.0. The van der Waals surface area contributed by atoms with Crippen LogP contribution in [0.4, 0.5) is 5.69 Å². The zero-order valence-electron chi connectivity index (χ0n) is 16.5. The molecule has 1 aromatic carbocycles. The van der Waals surface area contributed by atoms with Crippen LogP contribution in [-0.2, 0) is 14.3 Å². The first-order valence-electron chi connectivity index (χ1n) is 9.47. The summed E-state index contributed by atoms with van der Waals surface area (Å²) in [5.74, 6) is -1.71. The van der Waals surface area contributed by atoms with E-state index in [1.807, 2.05) is 0 Å². The lowest BCUT2D eigenvalue weighted by atomic mass is 9.69. The van der Waals surface area contributed by atoms with Gasteiger partial charge in [-0.2, -0.15) is 0 Å². The van der Waals surface area contributed by atoms with Crippen molar-refractivity contribution in [1.82, 2.24) is 0 Å². The van der Waals surface area contributed by atoms with E-state index in [2.05, 4.69) is 4.99 Å². The molecule has 0 amide bonds. The number of Topliss-reactive ketones (excluding diaryl/α,β-unsaturated/α-hetero) is 1. The van der Waals surface area contributed by atoms with E-state index in [0.717, 1.165) is 12.1 Å². The quantitative estimate of drug-likeness (QED) is 0.443. The van der Waals surface area contributed by atoms with Crippen LogP contribution in [0.25, 0.3) is 0 Å². The van der Waals surface area contributed by atoms with Gasteiger partial charge in [-0.3, -0.25) is 19.9 Å². The van der Waals surface area contributed by atoms with Crippen LogP contribution in [0.15, 0.2) is 34.5 Å². The Morgan fingerprint density at radius 2 is 1.96 bits per heavy atom. The summed E-state index contributed by atoms with van der Waals surface area (Å²) in [5, 5.41) is 11.4. The van der Waals surface area contributed by atoms with Gasteiger partial charge in [0.1, 0.15) is 5.78 Å². The first kappa shape index (κ1) is 19.9. The van der Waals surface area contributed by atoms with Crippen LogP contribution in [0.1, 0.15) is 57.1 Å². The van der Waals surface area contributed by atoms with Gasteiger partial charge in [0.15, 0.2) is 0 Å². The number of hydrogen-bond donors (Lipinski definition) is 0. The Morgan fingerprint density at radius 1 is 1.25 bits per heavy atom. The minimum atomic E-state index is -0.620. The Labute approximate surface area is 163 Å². The molecular formula is C21H24N2O5. The number of ketones is 1. The van der Waals surface area contributed by atoms with Crippen molar-refractivity contribution in [3.05, 3.63) is 50.7 Å². The smallest absolute Gasteiger partial charge is 0.336 e. The molecule has 2 aliphatic rings. The molecule has 7 heteroatoms. The van der Waals surface area contributed by atoms with Crippen LogP contribution < -0.4 is 0 Å². The molecular weight excluding hydrogens is 360 g/mol. The zero-order valence-corrected chi connectivity index (χ0v) is 16.5. The summed E-state index contributed by atoms with van der Waals surface area (Å²) >= 11 is 0. The van der Waals surface area contributed by atoms with Crippen LogP contribution in [-0.4, -0.2) is 28.5 Å². The fourth-order valence-electron chi connectivity index (χ4n) is 4.04. The average molecular weight is 384 g/mol. The molecule has 0 N–H and O–H groups in total. The molecule has 1 fully saturated rings. The number of carbonyl (C=O) groups is 2. The molecule has 0 radical (unpaired) electrons. The third-order valence-electron chi connectivity index (χ3n) is 5.26. The number of rotatable bonds is 4. The molecule has 7 nitrogen and oxygen atoms in total. The van der Waals surface area contributed by atoms with Crippen molar-refractivity contribution in [2.45, 2.75) is 59.0 Å². The molecule has 0 aromatic heterocycles. The molecule has 1 aliphatic heterocycles. The van der Waals surface area contributed by atoms with E-state index in [9.17, 15) is 19.7 Å². The van der Waals surface area contributed by atoms with Crippen LogP contribution in [0.3, 0.4) is 0 Å². The number of allylic oxidation sites excluding steroid dienone is 1. The van der Waals surface area contributed by atoms with Crippen LogP contribution in [0, 0.1) is 23.0 Å². The van der Waals surface area contributed by atoms with Gasteiger partial charge in [-0.1, -0.05) is 12.1 Å². The third kappa shape index (κ3) is 3.61. The van der Waals surface area contributed by atoms with E-state index in [1.165, 1.54) is 6.07 Å². The summed E-state index contributed by atoms with van der Waals surface area (Å²) < 4.78 is 5.42. The van der Waals surface area contributed by atoms with E-state index in [4.69, 9.17) is 4.74 Å². The van der Waals surface area contributed by atoms with Gasteiger partial charge in [0.05, 0.1) is 22.5 Å². The number of hydrogen-bond acceptors (Lipinski definition) is 6. The molecule has 0 saturated heterocycles. The first-order chi connectivity index (χ1) is 13.2. The van der Waals surface area contributed by atoms with Crippen LogP contribution >= 0.6 is 0 Å². The Hall–Kier alpha value is -2.83. The van der Waals surface area contributed by atoms with Crippen molar-refractivity contribution < 1.29 is 19.2 Å². The second-order valence-corrected chi connectivity index (χ2v) is 7.63. The van der Waals surface area contributed by atoms with Gasteiger partial charge in [-0.25, -0.2) is 4.79 Å². The number of aryl methyl sites for hydroxylation is 1. The second kappa shape index (κ2) is 7.66. The second-order valence-electron chi connectivity index (χ2n) is 7.63. The lowest BCUT2D eigenvalue weighted by molar-refractivity contribution is -0.385. The molecule has 0 spiro atoms. The maximum atomic E-state index is 12.9. The number of nitro benzene ring substituents is 1. The summed E-state index contributed by atoms with van der Waals surface area (Å²) in [4.78, 5) is 41.2. The van der Waals surface area contributed by atoms with Crippen molar-refractivity contribution in [3.8, 4) is 0 Å². The number of fused-ring (bicyclic) bond motifs is 1. The monoisotopic (exact) mass is 384 g/mol. The lowest BCUT2D eigenvalue weighted by Gasteiger charge is -2.35. The summed E-state index contributed by atoms with van der Waals surface area (Å²) in [5.41, 5.74) is 2.65. The largest absolute Gasteiger partial charge is 0.460 e. The molecule has 1 aromatic rings. The number of carbonyl (C=O) groups excluding carboxylic acids is 2. The topological polar surface area (TPSA) is 98.9 Å². The van der Waals surface area contributed by atoms with E-state index in [1.54, 1.807) is 39.8 Å². The fraction of sp³-hybridized carbons (Fsp3) is 0.476. The highest BCUT2D eigenvalue weighted by Gasteiger charge is 2.44. The number of aliphatic imine (C=N–C) groups is 1. The number of nitro groups is 1. The number of nitrogens with zero attached hydrogens (tertiary/aromatic N) is 2. The summed E-state index contributed by atoms with van der Waals surface area (Å²) in [6.07, 6.45) is 1.51. The maximum absolute atomic E-state index is 12.9. The maximum Gasteiger partial charge on any atom is 0.336 e. The Bertz CT molecular complexity index is 913. The standard InChI is InChI=1S/C21H24N2O5/c1-11(2)28-21(25)18-13(4)22-15-6-5-7-17(24)20(15)19(18)14-9-8-12(3)16(10-14)23(26)27/h8-11,19-20H,5-7H2,1-4H3/t19-,20?/m1/s1. The predicted octanol–water partition coefficient (Wildman–Crippen LogP) is 4.04. The van der Waals surface area contributed by atoms with Crippen molar-refractivity contribution in [3.63, 3.8) is 0 Å². The summed E-state index contributed by atoms with van der Waals surface area (Å²) in [7, 11) is 0. The minimum absolute atomic E-state index is 0.0144. The predicted molar refractivity (Wildman–Crippen MR) is 104 cm³/mol. The molecule has 3 rings (SSSR count). The van der Waals surface area contributed by atoms with Crippen molar-refractivity contribution in [2.24, 2.45) is 10.9 Å². The lowest BCUT2D eigenvalue weighted by Crippen LogP contribution is -2.39. The average Bonchev–Trinajstić information content (AvgIpc) is 2.60. The van der Waals surface area contributed by atoms with Crippen LogP contribution in [0.2, 0.25) is 0 Å². The highest BCUT2D eigenvalue weighted by Crippen LogP contribution is 2.44. The molecule has 28 heavy (non-hydrogen) atoms. The van der Waals surface area contributed by atoms with Gasteiger partial charge in [0.25, 0.3) is 5.69 Å². The van der Waals surface area contributed by atoms with Crippen molar-refractivity contribution >= 4 is 23.2 Å². The van der Waals surface area contributed by atoms with Crippen molar-refractivity contribution in [1.29, 1.82) is 0 Å². The van der Waals surface area contributed by atoms with E-state index < -0.39 is 22.7 Å². The Balaban J connectivity index is 2.19. The Morgan fingerprint density at radius 3 is 2.61 bits per heavy atom. The van der Waals surface area contributed by atoms with Gasteiger partial charge in [-0.15, -0.1) is 0 Å². The highest BCUT2D eigenvalue weighted by molar-refractivity contribution is 6.11. The van der Waals surface area contributed by atoms with Gasteiger partial charge < -0.3 is 4.74 Å². The SMILES string of the molecule is CC1=C(C(=O)OC(C)C)[C@@H](c2ccc(C)c([N+](=O)[O-])c2)C2C(=O)CCCC2=N1. The zero-order chi connectivity index (χ0) is 20.6. The molecule has 148 valence electrons. The molecule has 1 heterocycles. The van der Waals surface area contributed by atoms with E-state index >= 15 is 0 Å². The highest BCUT2D eigenvalue weighted by atomic mass is 16.6. The summed E-state index contributed by atoms with van der Waals surface area (Å²) in [6, 6.07) is 4.89. The van der Waals surface area contributed by atoms with Gasteiger partial charge in [0.2, 0.25) is 0 Å². The van der Waals surface area contributed by atoms with E-state index in [0.29, 0.717) is 35.2 Å². The fourth-order valence-corrected chi connectivity index (χ4v) is 4.04. The first-order valence-corrected chi connectivity index (χ1v) is 9.47. The van der Waals surface area contributed by atoms with Gasteiger partial charge in [-0.05, 0) is 46.1 Å².